The van der Waals surface area contributed by atoms with E-state index < -0.39 is 11.0 Å². The van der Waals surface area contributed by atoms with Gasteiger partial charge in [-0.3, -0.25) is 9.97 Å². The Labute approximate surface area is 260 Å². The average molecular weight is 613 g/mol. The topological polar surface area (TPSA) is 89.3 Å². The number of rotatable bonds is 8. The molecule has 0 bridgehead atoms. The highest BCUT2D eigenvalue weighted by Gasteiger charge is 2.70. The molecule has 1 aliphatic heterocycles. The van der Waals surface area contributed by atoms with Crippen molar-refractivity contribution in [2.24, 2.45) is 0 Å². The lowest BCUT2D eigenvalue weighted by molar-refractivity contribution is -0.0260. The van der Waals surface area contributed by atoms with E-state index >= 15 is 0 Å². The molecule has 9 heteroatoms. The molecule has 3 aromatic heterocycles. The summed E-state index contributed by atoms with van der Waals surface area (Å²) in [7, 11) is 0. The van der Waals surface area contributed by atoms with E-state index in [1.165, 1.54) is 11.9 Å². The van der Waals surface area contributed by atoms with Crippen LogP contribution >= 0.6 is 23.2 Å². The maximum Gasteiger partial charge on any atom is 0.137 e. The minimum absolute atomic E-state index is 0.0715. The van der Waals surface area contributed by atoms with E-state index in [1.807, 2.05) is 54.7 Å². The summed E-state index contributed by atoms with van der Waals surface area (Å²) >= 11 is 12.0. The van der Waals surface area contributed by atoms with Crippen LogP contribution in [0.5, 0.6) is 0 Å². The fraction of sp³-hybridized carbons (Fsp3) is 0.294. The predicted molar refractivity (Wildman–Crippen MR) is 165 cm³/mol. The quantitative estimate of drug-likeness (QED) is 0.198. The van der Waals surface area contributed by atoms with E-state index in [9.17, 15) is 5.11 Å². The maximum atomic E-state index is 11.8. The van der Waals surface area contributed by atoms with Crippen LogP contribution in [0.25, 0.3) is 0 Å². The number of benzene rings is 2. The van der Waals surface area contributed by atoms with Gasteiger partial charge in [0, 0.05) is 44.7 Å². The molecule has 2 unspecified atom stereocenters. The van der Waals surface area contributed by atoms with Gasteiger partial charge < -0.3 is 9.84 Å². The van der Waals surface area contributed by atoms with Crippen LogP contribution < -0.4 is 0 Å². The Morgan fingerprint density at radius 1 is 0.791 bits per heavy atom. The number of halogens is 2. The van der Waals surface area contributed by atoms with Crippen molar-refractivity contribution in [3.63, 3.8) is 0 Å². The van der Waals surface area contributed by atoms with Gasteiger partial charge in [-0.2, -0.15) is 5.10 Å². The fourth-order valence-electron chi connectivity index (χ4n) is 6.59. The summed E-state index contributed by atoms with van der Waals surface area (Å²) in [6.45, 7) is 1.09. The number of ether oxygens (including phenoxy) is 1. The molecule has 1 N–H and O–H groups in total. The number of epoxide rings is 1. The van der Waals surface area contributed by atoms with E-state index in [1.54, 1.807) is 29.3 Å². The Morgan fingerprint density at radius 3 is 1.88 bits per heavy atom. The Kier molecular flexibility index (Phi) is 7.09. The Morgan fingerprint density at radius 2 is 1.40 bits per heavy atom. The first-order valence-corrected chi connectivity index (χ1v) is 15.2. The van der Waals surface area contributed by atoms with Crippen LogP contribution in [0.2, 0.25) is 10.0 Å². The lowest BCUT2D eigenvalue weighted by atomic mass is 9.76. The summed E-state index contributed by atoms with van der Waals surface area (Å²) in [5, 5.41) is 17.4. The number of hydrogen-bond donors (Lipinski definition) is 1. The molecule has 4 heterocycles. The highest BCUT2D eigenvalue weighted by atomic mass is 35.5. The van der Waals surface area contributed by atoms with Crippen molar-refractivity contribution in [2.45, 2.75) is 54.3 Å². The van der Waals surface area contributed by atoms with Gasteiger partial charge >= 0.3 is 0 Å². The van der Waals surface area contributed by atoms with Gasteiger partial charge in [0.25, 0.3) is 0 Å². The molecule has 5 aromatic rings. The van der Waals surface area contributed by atoms with Crippen molar-refractivity contribution in [3.05, 3.63) is 143 Å². The summed E-state index contributed by atoms with van der Waals surface area (Å²) in [5.74, 6) is 0. The average Bonchev–Trinajstić information content (AvgIpc) is 3.95. The van der Waals surface area contributed by atoms with Crippen molar-refractivity contribution < 1.29 is 9.84 Å². The van der Waals surface area contributed by atoms with E-state index in [4.69, 9.17) is 27.9 Å². The summed E-state index contributed by atoms with van der Waals surface area (Å²) in [6.07, 6.45) is 10.8. The molecule has 2 atom stereocenters. The van der Waals surface area contributed by atoms with Crippen LogP contribution in [0.3, 0.4) is 0 Å². The van der Waals surface area contributed by atoms with Crippen LogP contribution in [0.1, 0.15) is 48.2 Å². The Hall–Kier alpha value is -3.62. The first-order valence-electron chi connectivity index (χ1n) is 14.4. The van der Waals surface area contributed by atoms with E-state index in [0.717, 1.165) is 54.3 Å². The Balaban J connectivity index is 0.000000143. The third-order valence-corrected chi connectivity index (χ3v) is 9.80. The van der Waals surface area contributed by atoms with Crippen LogP contribution in [0.4, 0.5) is 0 Å². The zero-order chi connectivity index (χ0) is 29.5. The molecule has 8 rings (SSSR count). The lowest BCUT2D eigenvalue weighted by Crippen LogP contribution is -2.44. The molecular weight excluding hydrogens is 581 g/mol. The number of hydrogen-bond acceptors (Lipinski definition) is 6. The zero-order valence-electron chi connectivity index (χ0n) is 23.5. The normalized spacial score (nSPS) is 22.0. The minimum atomic E-state index is -1.14. The third-order valence-electron chi connectivity index (χ3n) is 9.30. The summed E-state index contributed by atoms with van der Waals surface area (Å²) in [5.41, 5.74) is 2.43. The highest BCUT2D eigenvalue weighted by Crippen LogP contribution is 2.66. The summed E-state index contributed by atoms with van der Waals surface area (Å²) in [6, 6.07) is 27.4. The van der Waals surface area contributed by atoms with Gasteiger partial charge in [-0.25, -0.2) is 9.67 Å². The minimum Gasteiger partial charge on any atom is -0.382 e. The smallest absolute Gasteiger partial charge is 0.137 e. The summed E-state index contributed by atoms with van der Waals surface area (Å²) in [4.78, 5) is 13.1. The standard InChI is InChI=1S/C18H17ClN4O.C16H14ClNO/c19-15-6-4-14(5-7-15)18(24,11-23-13-20-12-22-23)17(8-9-17)16-3-1-2-10-21-16;17-13-6-4-12(5-7-13)16(11-19-16)15(8-9-15)14-3-1-2-10-18-14/h1-7,10,12-13,24H,8-9,11H2;1-7,10H,8-9,11H2. The van der Waals surface area contributed by atoms with Gasteiger partial charge in [-0.15, -0.1) is 0 Å². The van der Waals surface area contributed by atoms with Crippen LogP contribution in [-0.4, -0.2) is 36.4 Å². The largest absolute Gasteiger partial charge is 0.382 e. The lowest BCUT2D eigenvalue weighted by Gasteiger charge is -2.37. The molecule has 2 saturated carbocycles. The molecule has 0 radical (unpaired) electrons. The number of nitrogens with zero attached hydrogens (tertiary/aromatic N) is 5. The first-order chi connectivity index (χ1) is 20.9. The molecule has 1 saturated heterocycles. The van der Waals surface area contributed by atoms with Crippen LogP contribution in [0.15, 0.2) is 110 Å². The second-order valence-electron chi connectivity index (χ2n) is 11.7. The van der Waals surface area contributed by atoms with Crippen molar-refractivity contribution in [1.82, 2.24) is 24.7 Å². The summed E-state index contributed by atoms with van der Waals surface area (Å²) < 4.78 is 7.58. The molecule has 2 aromatic carbocycles. The number of aliphatic hydroxyl groups is 1. The van der Waals surface area contributed by atoms with Crippen LogP contribution in [-0.2, 0) is 33.3 Å². The monoisotopic (exact) mass is 611 g/mol. The third kappa shape index (κ3) is 4.94. The SMILES string of the molecule is Clc1ccc(C2(C3(c4ccccn4)CC3)CO2)cc1.OC(Cn1cncn1)(c1ccc(Cl)cc1)C1(c2ccccn2)CC1. The second-order valence-corrected chi connectivity index (χ2v) is 12.5. The fourth-order valence-corrected chi connectivity index (χ4v) is 6.85. The van der Waals surface area contributed by atoms with Crippen molar-refractivity contribution in [1.29, 1.82) is 0 Å². The van der Waals surface area contributed by atoms with Gasteiger partial charge in [0.1, 0.15) is 23.9 Å². The van der Waals surface area contributed by atoms with Gasteiger partial charge in [-0.1, -0.05) is 59.6 Å². The molecule has 2 aliphatic carbocycles. The molecule has 218 valence electrons. The van der Waals surface area contributed by atoms with Crippen molar-refractivity contribution >= 4 is 23.2 Å². The molecule has 0 amide bonds. The molecule has 43 heavy (non-hydrogen) atoms. The molecule has 0 spiro atoms. The van der Waals surface area contributed by atoms with E-state index in [0.29, 0.717) is 11.6 Å². The predicted octanol–water partition coefficient (Wildman–Crippen LogP) is 6.64. The first kappa shape index (κ1) is 28.2. The van der Waals surface area contributed by atoms with Gasteiger partial charge in [-0.05, 0) is 85.3 Å². The number of pyridine rings is 2. The molecule has 7 nitrogen and oxygen atoms in total. The zero-order valence-corrected chi connectivity index (χ0v) is 25.0. The maximum absolute atomic E-state index is 11.8. The molecular formula is C34H31Cl2N5O2. The highest BCUT2D eigenvalue weighted by molar-refractivity contribution is 6.30. The molecule has 3 fully saturated rings. The number of aromatic nitrogens is 5. The van der Waals surface area contributed by atoms with Gasteiger partial charge in [0.2, 0.25) is 0 Å². The van der Waals surface area contributed by atoms with Crippen molar-refractivity contribution in [3.8, 4) is 0 Å². The van der Waals surface area contributed by atoms with E-state index in [-0.39, 0.29) is 11.0 Å². The van der Waals surface area contributed by atoms with Gasteiger partial charge in [0.05, 0.1) is 13.2 Å². The van der Waals surface area contributed by atoms with Crippen LogP contribution in [0, 0.1) is 0 Å². The molecule has 3 aliphatic rings. The van der Waals surface area contributed by atoms with Crippen molar-refractivity contribution in [2.75, 3.05) is 6.61 Å². The Bertz CT molecular complexity index is 1670. The van der Waals surface area contributed by atoms with E-state index in [2.05, 4.69) is 44.3 Å². The second kappa shape index (κ2) is 10.8. The van der Waals surface area contributed by atoms with Gasteiger partial charge in [0.15, 0.2) is 0 Å².